The number of rotatable bonds is 4. The molecule has 2 aliphatic rings. The van der Waals surface area contributed by atoms with Crippen LogP contribution in [0, 0.1) is 0 Å². The Morgan fingerprint density at radius 3 is 2.50 bits per heavy atom. The fourth-order valence-electron chi connectivity index (χ4n) is 2.67. The summed E-state index contributed by atoms with van der Waals surface area (Å²) in [6, 6.07) is -0.575. The molecule has 2 aliphatic heterocycles. The second-order valence-corrected chi connectivity index (χ2v) is 5.17. The molecule has 4 N–H and O–H groups in total. The number of urea groups is 1. The molecule has 4 amide bonds. The third kappa shape index (κ3) is 2.96. The van der Waals surface area contributed by atoms with E-state index in [-0.39, 0.29) is 45.6 Å². The zero-order valence-corrected chi connectivity index (χ0v) is 11.9. The van der Waals surface area contributed by atoms with Crippen LogP contribution in [0.25, 0.3) is 0 Å². The third-order valence-corrected chi connectivity index (χ3v) is 3.92. The minimum atomic E-state index is -1.07. The summed E-state index contributed by atoms with van der Waals surface area (Å²) >= 11 is 0. The molecule has 0 radical (unpaired) electrons. The quantitative estimate of drug-likeness (QED) is 0.339. The van der Waals surface area contributed by atoms with E-state index in [0.717, 1.165) is 4.90 Å². The normalized spacial score (nSPS) is 20.2. The van der Waals surface area contributed by atoms with E-state index in [4.69, 9.17) is 10.8 Å². The summed E-state index contributed by atoms with van der Waals surface area (Å²) in [7, 11) is 0. The zero-order chi connectivity index (χ0) is 16.3. The average Bonchev–Trinajstić information content (AvgIpc) is 2.69. The Balaban J connectivity index is 1.97. The van der Waals surface area contributed by atoms with Crippen LogP contribution in [0.5, 0.6) is 0 Å². The van der Waals surface area contributed by atoms with Crippen LogP contribution >= 0.6 is 0 Å². The molecule has 0 atom stereocenters. The molecule has 0 aromatic heterocycles. The molecule has 2 fully saturated rings. The lowest BCUT2D eigenvalue weighted by atomic mass is 9.87. The van der Waals surface area contributed by atoms with Crippen molar-refractivity contribution in [2.24, 2.45) is 5.73 Å². The van der Waals surface area contributed by atoms with Crippen molar-refractivity contribution in [1.29, 1.82) is 0 Å². The largest absolute Gasteiger partial charge is 0.465 e. The van der Waals surface area contributed by atoms with Gasteiger partial charge < -0.3 is 20.1 Å². The number of piperidine rings is 1. The summed E-state index contributed by atoms with van der Waals surface area (Å²) in [5.74, 6) is -1.02. The first-order valence-corrected chi connectivity index (χ1v) is 6.87. The van der Waals surface area contributed by atoms with Crippen molar-refractivity contribution in [1.82, 2.24) is 15.1 Å². The Labute approximate surface area is 126 Å². The number of nitrogens with two attached hydrogens (primary N) is 1. The highest BCUT2D eigenvalue weighted by Crippen LogP contribution is 2.29. The molecule has 10 nitrogen and oxygen atoms in total. The molecule has 0 bridgehead atoms. The van der Waals surface area contributed by atoms with Crippen LogP contribution in [0.15, 0.2) is 0 Å². The van der Waals surface area contributed by atoms with Gasteiger partial charge in [0.05, 0.1) is 6.42 Å². The number of imide groups is 1. The van der Waals surface area contributed by atoms with E-state index >= 15 is 0 Å². The zero-order valence-electron chi connectivity index (χ0n) is 11.9. The highest BCUT2D eigenvalue weighted by atomic mass is 16.5. The van der Waals surface area contributed by atoms with Crippen molar-refractivity contribution in [2.75, 3.05) is 26.4 Å². The Morgan fingerprint density at radius 2 is 1.95 bits per heavy atom. The Bertz CT molecular complexity index is 500. The molecule has 0 aliphatic carbocycles. The van der Waals surface area contributed by atoms with Crippen molar-refractivity contribution < 1.29 is 29.0 Å². The number of carboxylic acid groups (broad SMARTS) is 1. The van der Waals surface area contributed by atoms with E-state index in [2.05, 4.69) is 10.1 Å². The minimum Gasteiger partial charge on any atom is -0.465 e. The molecule has 2 heterocycles. The van der Waals surface area contributed by atoms with E-state index in [1.807, 2.05) is 0 Å². The monoisotopic (exact) mass is 314 g/mol. The second-order valence-electron chi connectivity index (χ2n) is 5.17. The number of carbonyl (C=O) groups excluding carboxylic acids is 3. The third-order valence-electron chi connectivity index (χ3n) is 3.92. The maximum absolute atomic E-state index is 12.4. The molecule has 122 valence electrons. The van der Waals surface area contributed by atoms with Crippen LogP contribution in [0.3, 0.4) is 0 Å². The van der Waals surface area contributed by atoms with Gasteiger partial charge in [-0.15, -0.1) is 0 Å². The van der Waals surface area contributed by atoms with Gasteiger partial charge in [0.15, 0.2) is 0 Å². The van der Waals surface area contributed by atoms with Gasteiger partial charge in [-0.1, -0.05) is 0 Å². The second kappa shape index (κ2) is 6.18. The molecule has 2 saturated heterocycles. The molecular weight excluding hydrogens is 296 g/mol. The van der Waals surface area contributed by atoms with Gasteiger partial charge >= 0.3 is 18.1 Å². The van der Waals surface area contributed by atoms with Gasteiger partial charge in [-0.25, -0.2) is 9.59 Å². The standard InChI is InChI=1S/C12H18N4O6/c13-7-22-8(17)1-4-16-9(18)12(14-10(16)19)2-5-15(6-3-12)11(20)21/h1-7,13H2,(H,14,19)(H,20,21). The van der Waals surface area contributed by atoms with Gasteiger partial charge in [-0.2, -0.15) is 0 Å². The van der Waals surface area contributed by atoms with Crippen LogP contribution in [0.1, 0.15) is 19.3 Å². The summed E-state index contributed by atoms with van der Waals surface area (Å²) in [5, 5.41) is 11.5. The van der Waals surface area contributed by atoms with Crippen molar-refractivity contribution >= 4 is 24.0 Å². The first kappa shape index (κ1) is 16.0. The number of esters is 1. The lowest BCUT2D eigenvalue weighted by Gasteiger charge is -2.35. The molecular formula is C12H18N4O6. The predicted octanol–water partition coefficient (Wildman–Crippen LogP) is -1.10. The van der Waals surface area contributed by atoms with Gasteiger partial charge in [-0.3, -0.25) is 20.2 Å². The molecule has 10 heteroatoms. The molecule has 0 aromatic rings. The average molecular weight is 314 g/mol. The van der Waals surface area contributed by atoms with Crippen LogP contribution in [-0.4, -0.2) is 70.8 Å². The van der Waals surface area contributed by atoms with Crippen LogP contribution in [0.4, 0.5) is 9.59 Å². The van der Waals surface area contributed by atoms with E-state index < -0.39 is 29.5 Å². The molecule has 0 aromatic carbocycles. The number of hydrogen-bond donors (Lipinski definition) is 3. The lowest BCUT2D eigenvalue weighted by molar-refractivity contribution is -0.144. The van der Waals surface area contributed by atoms with Crippen LogP contribution in [-0.2, 0) is 14.3 Å². The number of likely N-dealkylation sites (tertiary alicyclic amines) is 1. The summed E-state index contributed by atoms with van der Waals surface area (Å²) in [6.45, 7) is -0.00332. The molecule has 0 unspecified atom stereocenters. The van der Waals surface area contributed by atoms with E-state index in [1.54, 1.807) is 0 Å². The van der Waals surface area contributed by atoms with Crippen LogP contribution < -0.4 is 11.1 Å². The van der Waals surface area contributed by atoms with Gasteiger partial charge in [0.25, 0.3) is 5.91 Å². The highest BCUT2D eigenvalue weighted by Gasteiger charge is 2.52. The van der Waals surface area contributed by atoms with Crippen LogP contribution in [0.2, 0.25) is 0 Å². The molecule has 1 spiro atoms. The molecule has 0 saturated carbocycles. The van der Waals surface area contributed by atoms with Gasteiger partial charge in [0, 0.05) is 19.6 Å². The van der Waals surface area contributed by atoms with E-state index in [9.17, 15) is 19.2 Å². The fraction of sp³-hybridized carbons (Fsp3) is 0.667. The SMILES string of the molecule is NCOC(=O)CCN1C(=O)NC2(CCN(C(=O)O)CC2)C1=O. The molecule has 22 heavy (non-hydrogen) atoms. The number of nitrogens with one attached hydrogen (secondary N) is 1. The van der Waals surface area contributed by atoms with Gasteiger partial charge in [0.1, 0.15) is 12.3 Å². The fourth-order valence-corrected chi connectivity index (χ4v) is 2.67. The summed E-state index contributed by atoms with van der Waals surface area (Å²) < 4.78 is 4.55. The van der Waals surface area contributed by atoms with Gasteiger partial charge in [0.2, 0.25) is 0 Å². The van der Waals surface area contributed by atoms with Crippen molar-refractivity contribution in [2.45, 2.75) is 24.8 Å². The predicted molar refractivity (Wildman–Crippen MR) is 71.6 cm³/mol. The topological polar surface area (TPSA) is 142 Å². The number of hydrogen-bond acceptors (Lipinski definition) is 6. The number of carbonyl (C=O) groups is 4. The maximum atomic E-state index is 12.4. The number of amides is 4. The smallest absolute Gasteiger partial charge is 0.407 e. The molecule has 2 rings (SSSR count). The minimum absolute atomic E-state index is 0.0894. The Hall–Kier alpha value is -2.36. The van der Waals surface area contributed by atoms with E-state index in [0.29, 0.717) is 0 Å². The first-order valence-electron chi connectivity index (χ1n) is 6.87. The summed E-state index contributed by atoms with van der Waals surface area (Å²) in [4.78, 5) is 48.7. The van der Waals surface area contributed by atoms with Crippen molar-refractivity contribution in [3.05, 3.63) is 0 Å². The van der Waals surface area contributed by atoms with Crippen molar-refractivity contribution in [3.63, 3.8) is 0 Å². The Kier molecular flexibility index (Phi) is 4.50. The number of ether oxygens (including phenoxy) is 1. The maximum Gasteiger partial charge on any atom is 0.407 e. The summed E-state index contributed by atoms with van der Waals surface area (Å²) in [5.41, 5.74) is 3.99. The lowest BCUT2D eigenvalue weighted by Crippen LogP contribution is -2.55. The van der Waals surface area contributed by atoms with Gasteiger partial charge in [-0.05, 0) is 12.8 Å². The van der Waals surface area contributed by atoms with E-state index in [1.165, 1.54) is 4.90 Å². The highest BCUT2D eigenvalue weighted by molar-refractivity contribution is 6.07. The number of nitrogens with zero attached hydrogens (tertiary/aromatic N) is 2. The Morgan fingerprint density at radius 1 is 1.32 bits per heavy atom. The van der Waals surface area contributed by atoms with Crippen molar-refractivity contribution in [3.8, 4) is 0 Å². The summed E-state index contributed by atoms with van der Waals surface area (Å²) in [6.07, 6.45) is -0.748. The first-order chi connectivity index (χ1) is 10.4.